The number of aromatic amines is 1. The molecule has 2 rings (SSSR count). The van der Waals surface area contributed by atoms with E-state index in [0.29, 0.717) is 22.5 Å². The van der Waals surface area contributed by atoms with Crippen LogP contribution in [0.4, 0.5) is 0 Å². The van der Waals surface area contributed by atoms with Gasteiger partial charge in [0, 0.05) is 11.7 Å². The van der Waals surface area contributed by atoms with Gasteiger partial charge in [-0.05, 0) is 64.9 Å². The average Bonchev–Trinajstić information content (AvgIpc) is 2.82. The van der Waals surface area contributed by atoms with E-state index in [1.807, 2.05) is 13.8 Å². The van der Waals surface area contributed by atoms with Crippen molar-refractivity contribution in [3.63, 3.8) is 0 Å². The molecule has 0 aromatic carbocycles. The number of ether oxygens (including phenoxy) is 1. The second-order valence-corrected chi connectivity index (χ2v) is 7.18. The number of carbonyl (C=O) groups excluding carboxylic acids is 2. The van der Waals surface area contributed by atoms with Crippen molar-refractivity contribution in [1.82, 2.24) is 10.3 Å². The molecule has 134 valence electrons. The Kier molecular flexibility index (Phi) is 6.08. The van der Waals surface area contributed by atoms with Crippen molar-refractivity contribution in [3.8, 4) is 0 Å². The van der Waals surface area contributed by atoms with Crippen molar-refractivity contribution in [1.29, 1.82) is 0 Å². The van der Waals surface area contributed by atoms with Gasteiger partial charge in [-0.25, -0.2) is 4.79 Å². The van der Waals surface area contributed by atoms with Crippen LogP contribution in [0.15, 0.2) is 0 Å². The molecule has 0 unspecified atom stereocenters. The highest BCUT2D eigenvalue weighted by Gasteiger charge is 2.26. The van der Waals surface area contributed by atoms with Crippen LogP contribution in [0.25, 0.3) is 0 Å². The van der Waals surface area contributed by atoms with Crippen molar-refractivity contribution in [2.45, 2.75) is 78.9 Å². The first-order valence-corrected chi connectivity index (χ1v) is 9.04. The Hall–Kier alpha value is -1.78. The molecular formula is C19H30N2O3. The molecule has 1 aromatic heterocycles. The second kappa shape index (κ2) is 7.86. The summed E-state index contributed by atoms with van der Waals surface area (Å²) in [5, 5.41) is 3.12. The minimum atomic E-state index is -0.376. The number of esters is 1. The maximum absolute atomic E-state index is 12.6. The Labute approximate surface area is 144 Å². The van der Waals surface area contributed by atoms with Crippen LogP contribution in [-0.4, -0.2) is 29.0 Å². The quantitative estimate of drug-likeness (QED) is 0.802. The van der Waals surface area contributed by atoms with Gasteiger partial charge >= 0.3 is 5.97 Å². The van der Waals surface area contributed by atoms with Crippen molar-refractivity contribution < 1.29 is 14.3 Å². The highest BCUT2D eigenvalue weighted by Crippen LogP contribution is 2.27. The number of aromatic nitrogens is 1. The number of nitrogens with one attached hydrogen (secondary N) is 2. The molecule has 1 heterocycles. The van der Waals surface area contributed by atoms with Crippen LogP contribution in [0.3, 0.4) is 0 Å². The van der Waals surface area contributed by atoms with E-state index < -0.39 is 0 Å². The number of hydrogen-bond donors (Lipinski definition) is 2. The van der Waals surface area contributed by atoms with Gasteiger partial charge in [0.2, 0.25) is 0 Å². The first-order chi connectivity index (χ1) is 11.3. The number of carbonyl (C=O) groups is 2. The fourth-order valence-electron chi connectivity index (χ4n) is 3.53. The summed E-state index contributed by atoms with van der Waals surface area (Å²) in [6, 6.07) is 0.231. The number of amides is 1. The summed E-state index contributed by atoms with van der Waals surface area (Å²) in [6.07, 6.45) is 5.46. The predicted molar refractivity (Wildman–Crippen MR) is 94.3 cm³/mol. The monoisotopic (exact) mass is 334 g/mol. The third-order valence-corrected chi connectivity index (χ3v) is 4.97. The number of H-pyrrole nitrogens is 1. The molecule has 1 fully saturated rings. The molecule has 5 heteroatoms. The molecule has 0 atom stereocenters. The van der Waals surface area contributed by atoms with Gasteiger partial charge in [-0.2, -0.15) is 0 Å². The van der Waals surface area contributed by atoms with Crippen LogP contribution in [0, 0.1) is 19.8 Å². The van der Waals surface area contributed by atoms with Crippen LogP contribution in [-0.2, 0) is 4.74 Å². The summed E-state index contributed by atoms with van der Waals surface area (Å²) < 4.78 is 5.27. The first kappa shape index (κ1) is 18.6. The lowest BCUT2D eigenvalue weighted by Crippen LogP contribution is -2.38. The molecule has 0 bridgehead atoms. The average molecular weight is 334 g/mol. The zero-order valence-electron chi connectivity index (χ0n) is 15.5. The topological polar surface area (TPSA) is 71.2 Å². The Morgan fingerprint density at radius 2 is 1.83 bits per heavy atom. The summed E-state index contributed by atoms with van der Waals surface area (Å²) in [4.78, 5) is 27.9. The molecule has 0 spiro atoms. The van der Waals surface area contributed by atoms with E-state index in [4.69, 9.17) is 4.74 Å². The molecule has 24 heavy (non-hydrogen) atoms. The van der Waals surface area contributed by atoms with Crippen LogP contribution in [0.1, 0.15) is 85.0 Å². The van der Waals surface area contributed by atoms with Gasteiger partial charge < -0.3 is 15.0 Å². The van der Waals surface area contributed by atoms with Crippen LogP contribution >= 0.6 is 0 Å². The van der Waals surface area contributed by atoms with Gasteiger partial charge in [0.1, 0.15) is 5.69 Å². The SMILES string of the molecule is CCC1CCC(NC(=O)c2[nH]c(C)c(C(=O)OC(C)C)c2C)CC1. The van der Waals surface area contributed by atoms with Gasteiger partial charge in [0.25, 0.3) is 5.91 Å². The van der Waals surface area contributed by atoms with E-state index in [9.17, 15) is 9.59 Å². The van der Waals surface area contributed by atoms with Crippen LogP contribution in [0.5, 0.6) is 0 Å². The molecule has 1 aliphatic carbocycles. The van der Waals surface area contributed by atoms with E-state index in [1.54, 1.807) is 13.8 Å². The highest BCUT2D eigenvalue weighted by atomic mass is 16.5. The number of rotatable bonds is 5. The summed E-state index contributed by atoms with van der Waals surface area (Å²) in [5.41, 5.74) is 2.29. The lowest BCUT2D eigenvalue weighted by Gasteiger charge is -2.28. The second-order valence-electron chi connectivity index (χ2n) is 7.18. The summed E-state index contributed by atoms with van der Waals surface area (Å²) in [6.45, 7) is 9.45. The van der Waals surface area contributed by atoms with Gasteiger partial charge in [0.15, 0.2) is 0 Å². The minimum Gasteiger partial charge on any atom is -0.459 e. The summed E-state index contributed by atoms with van der Waals surface area (Å²) in [7, 11) is 0. The maximum Gasteiger partial charge on any atom is 0.340 e. The van der Waals surface area contributed by atoms with E-state index in [2.05, 4.69) is 17.2 Å². The summed E-state index contributed by atoms with van der Waals surface area (Å²) >= 11 is 0. The predicted octanol–water partition coefficient (Wildman–Crippen LogP) is 3.90. The lowest BCUT2D eigenvalue weighted by atomic mass is 9.84. The zero-order valence-corrected chi connectivity index (χ0v) is 15.5. The Morgan fingerprint density at radius 3 is 2.38 bits per heavy atom. The minimum absolute atomic E-state index is 0.126. The number of hydrogen-bond acceptors (Lipinski definition) is 3. The molecular weight excluding hydrogens is 304 g/mol. The van der Waals surface area contributed by atoms with E-state index in [-0.39, 0.29) is 24.0 Å². The molecule has 1 aliphatic rings. The summed E-state index contributed by atoms with van der Waals surface area (Å²) in [5.74, 6) is 0.294. The molecule has 1 amide bonds. The van der Waals surface area contributed by atoms with E-state index in [1.165, 1.54) is 19.3 Å². The van der Waals surface area contributed by atoms with E-state index in [0.717, 1.165) is 18.8 Å². The lowest BCUT2D eigenvalue weighted by molar-refractivity contribution is 0.0376. The van der Waals surface area contributed by atoms with E-state index >= 15 is 0 Å². The standard InChI is InChI=1S/C19H30N2O3/c1-6-14-7-9-15(10-8-14)21-18(22)17-12(4)16(13(5)20-17)19(23)24-11(2)3/h11,14-15,20H,6-10H2,1-5H3,(H,21,22). The Balaban J connectivity index is 2.06. The largest absolute Gasteiger partial charge is 0.459 e. The molecule has 1 aromatic rings. The van der Waals surface area contributed by atoms with Crippen molar-refractivity contribution in [2.24, 2.45) is 5.92 Å². The molecule has 0 aliphatic heterocycles. The van der Waals surface area contributed by atoms with Gasteiger partial charge in [-0.1, -0.05) is 13.3 Å². The molecule has 5 nitrogen and oxygen atoms in total. The van der Waals surface area contributed by atoms with Gasteiger partial charge in [0.05, 0.1) is 11.7 Å². The van der Waals surface area contributed by atoms with Crippen molar-refractivity contribution >= 4 is 11.9 Å². The van der Waals surface area contributed by atoms with Crippen molar-refractivity contribution in [2.75, 3.05) is 0 Å². The van der Waals surface area contributed by atoms with Crippen molar-refractivity contribution in [3.05, 3.63) is 22.5 Å². The van der Waals surface area contributed by atoms with Gasteiger partial charge in [-0.15, -0.1) is 0 Å². The molecule has 0 saturated heterocycles. The Morgan fingerprint density at radius 1 is 1.21 bits per heavy atom. The van der Waals surface area contributed by atoms with Crippen LogP contribution < -0.4 is 5.32 Å². The van der Waals surface area contributed by atoms with Gasteiger partial charge in [-0.3, -0.25) is 4.79 Å². The van der Waals surface area contributed by atoms with Crippen LogP contribution in [0.2, 0.25) is 0 Å². The zero-order chi connectivity index (χ0) is 17.9. The molecule has 0 radical (unpaired) electrons. The molecule has 1 saturated carbocycles. The third kappa shape index (κ3) is 4.19. The number of aryl methyl sites for hydroxylation is 1. The normalized spacial score (nSPS) is 20.9. The highest BCUT2D eigenvalue weighted by molar-refractivity contribution is 6.00. The Bertz CT molecular complexity index is 596. The smallest absolute Gasteiger partial charge is 0.340 e. The maximum atomic E-state index is 12.6. The molecule has 2 N–H and O–H groups in total. The fraction of sp³-hybridized carbons (Fsp3) is 0.684. The fourth-order valence-corrected chi connectivity index (χ4v) is 3.53. The first-order valence-electron chi connectivity index (χ1n) is 9.04. The third-order valence-electron chi connectivity index (χ3n) is 4.97.